The van der Waals surface area contributed by atoms with E-state index >= 15 is 0 Å². The maximum absolute atomic E-state index is 3.21. The van der Waals surface area contributed by atoms with Crippen LogP contribution in [0.3, 0.4) is 0 Å². The van der Waals surface area contributed by atoms with E-state index in [1.165, 1.54) is 36.8 Å². The molecule has 1 aromatic rings. The van der Waals surface area contributed by atoms with Gasteiger partial charge in [0.25, 0.3) is 0 Å². The Morgan fingerprint density at radius 2 is 1.94 bits per heavy atom. The summed E-state index contributed by atoms with van der Waals surface area (Å²) in [5.74, 6) is 0. The summed E-state index contributed by atoms with van der Waals surface area (Å²) in [5, 5.41) is 3.21. The molecule has 0 spiro atoms. The van der Waals surface area contributed by atoms with E-state index in [9.17, 15) is 0 Å². The molecule has 1 fully saturated rings. The van der Waals surface area contributed by atoms with Crippen molar-refractivity contribution >= 4 is 0 Å². The first-order valence-corrected chi connectivity index (χ1v) is 6.72. The lowest BCUT2D eigenvalue weighted by Crippen LogP contribution is -2.28. The van der Waals surface area contributed by atoms with Crippen molar-refractivity contribution in [3.63, 3.8) is 0 Å². The van der Waals surface area contributed by atoms with Crippen LogP contribution >= 0.6 is 0 Å². The maximum Gasteiger partial charge on any atom is 0.0233 e. The van der Waals surface area contributed by atoms with Gasteiger partial charge in [-0.2, -0.15) is 0 Å². The van der Waals surface area contributed by atoms with E-state index in [1.807, 2.05) is 7.05 Å². The fraction of sp³-hybridized carbons (Fsp3) is 0.600. The molecule has 0 radical (unpaired) electrons. The van der Waals surface area contributed by atoms with Crippen LogP contribution in [-0.4, -0.2) is 25.0 Å². The Morgan fingerprint density at radius 3 is 2.65 bits per heavy atom. The standard InChI is InChI=1S/C15H24N2/c1-16-11-13-6-5-7-14(10-13)12-17(2)15-8-3-4-9-15/h5-7,10,15-16H,3-4,8-9,11-12H2,1-2H3. The number of nitrogens with one attached hydrogen (secondary N) is 1. The number of nitrogens with zero attached hydrogens (tertiary/aromatic N) is 1. The molecule has 0 atom stereocenters. The highest BCUT2D eigenvalue weighted by Gasteiger charge is 2.19. The molecule has 0 unspecified atom stereocenters. The van der Waals surface area contributed by atoms with Crippen molar-refractivity contribution in [2.75, 3.05) is 14.1 Å². The summed E-state index contributed by atoms with van der Waals surface area (Å²) >= 11 is 0. The summed E-state index contributed by atoms with van der Waals surface area (Å²) in [6.07, 6.45) is 5.59. The van der Waals surface area contributed by atoms with Gasteiger partial charge in [0.15, 0.2) is 0 Å². The van der Waals surface area contributed by atoms with Gasteiger partial charge < -0.3 is 5.32 Å². The molecule has 0 aliphatic heterocycles. The second-order valence-electron chi connectivity index (χ2n) is 5.20. The molecule has 0 saturated heterocycles. The lowest BCUT2D eigenvalue weighted by atomic mass is 10.1. The van der Waals surface area contributed by atoms with Gasteiger partial charge in [0, 0.05) is 19.1 Å². The highest BCUT2D eigenvalue weighted by Crippen LogP contribution is 2.23. The molecule has 0 bridgehead atoms. The predicted molar refractivity (Wildman–Crippen MR) is 72.9 cm³/mol. The third kappa shape index (κ3) is 3.55. The lowest BCUT2D eigenvalue weighted by molar-refractivity contribution is 0.237. The van der Waals surface area contributed by atoms with E-state index in [4.69, 9.17) is 0 Å². The Labute approximate surface area is 105 Å². The smallest absolute Gasteiger partial charge is 0.0233 e. The minimum atomic E-state index is 0.808. The van der Waals surface area contributed by atoms with Gasteiger partial charge in [-0.15, -0.1) is 0 Å². The molecule has 2 heteroatoms. The molecule has 94 valence electrons. The Kier molecular flexibility index (Phi) is 4.57. The quantitative estimate of drug-likeness (QED) is 0.840. The molecule has 0 aromatic heterocycles. The zero-order valence-corrected chi connectivity index (χ0v) is 11.1. The van der Waals surface area contributed by atoms with Crippen LogP contribution in [-0.2, 0) is 13.1 Å². The SMILES string of the molecule is CNCc1cccc(CN(C)C2CCCC2)c1. The van der Waals surface area contributed by atoms with E-state index in [0.717, 1.165) is 19.1 Å². The zero-order valence-electron chi connectivity index (χ0n) is 11.1. The van der Waals surface area contributed by atoms with Crippen molar-refractivity contribution in [2.45, 2.75) is 44.8 Å². The van der Waals surface area contributed by atoms with Crippen molar-refractivity contribution in [1.29, 1.82) is 0 Å². The molecule has 1 aromatic carbocycles. The maximum atomic E-state index is 3.21. The normalized spacial score (nSPS) is 16.9. The average molecular weight is 232 g/mol. The molecule has 1 saturated carbocycles. The summed E-state index contributed by atoms with van der Waals surface area (Å²) in [6.45, 7) is 2.04. The van der Waals surface area contributed by atoms with Crippen molar-refractivity contribution in [3.05, 3.63) is 35.4 Å². The number of hydrogen-bond donors (Lipinski definition) is 1. The molecular formula is C15H24N2. The van der Waals surface area contributed by atoms with Crippen LogP contribution in [0.1, 0.15) is 36.8 Å². The fourth-order valence-electron chi connectivity index (χ4n) is 2.80. The van der Waals surface area contributed by atoms with Crippen LogP contribution in [0.25, 0.3) is 0 Å². The van der Waals surface area contributed by atoms with E-state index < -0.39 is 0 Å². The summed E-state index contributed by atoms with van der Waals surface area (Å²) < 4.78 is 0. The first-order valence-electron chi connectivity index (χ1n) is 6.72. The van der Waals surface area contributed by atoms with Gasteiger partial charge in [0.1, 0.15) is 0 Å². The molecule has 1 N–H and O–H groups in total. The molecule has 0 amide bonds. The molecule has 17 heavy (non-hydrogen) atoms. The summed E-state index contributed by atoms with van der Waals surface area (Å²) in [5.41, 5.74) is 2.82. The van der Waals surface area contributed by atoms with Gasteiger partial charge >= 0.3 is 0 Å². The van der Waals surface area contributed by atoms with Gasteiger partial charge in [0.2, 0.25) is 0 Å². The molecular weight excluding hydrogens is 208 g/mol. The molecule has 2 nitrogen and oxygen atoms in total. The van der Waals surface area contributed by atoms with Crippen molar-refractivity contribution in [1.82, 2.24) is 10.2 Å². The van der Waals surface area contributed by atoms with Crippen LogP contribution in [0.2, 0.25) is 0 Å². The fourth-order valence-corrected chi connectivity index (χ4v) is 2.80. The van der Waals surface area contributed by atoms with E-state index in [2.05, 4.69) is 41.5 Å². The number of benzene rings is 1. The number of hydrogen-bond acceptors (Lipinski definition) is 2. The average Bonchev–Trinajstić information content (AvgIpc) is 2.83. The van der Waals surface area contributed by atoms with Crippen LogP contribution in [0, 0.1) is 0 Å². The minimum absolute atomic E-state index is 0.808. The molecule has 2 rings (SSSR count). The largest absolute Gasteiger partial charge is 0.316 e. The monoisotopic (exact) mass is 232 g/mol. The third-order valence-electron chi connectivity index (χ3n) is 3.75. The van der Waals surface area contributed by atoms with Crippen LogP contribution < -0.4 is 5.32 Å². The summed E-state index contributed by atoms with van der Waals surface area (Å²) in [6, 6.07) is 9.73. The molecule has 0 heterocycles. The summed E-state index contributed by atoms with van der Waals surface area (Å²) in [4.78, 5) is 2.52. The Morgan fingerprint density at radius 1 is 1.24 bits per heavy atom. The summed E-state index contributed by atoms with van der Waals surface area (Å²) in [7, 11) is 4.26. The Balaban J connectivity index is 1.94. The zero-order chi connectivity index (χ0) is 12.1. The second kappa shape index (κ2) is 6.18. The Bertz CT molecular complexity index is 343. The van der Waals surface area contributed by atoms with Crippen LogP contribution in [0.4, 0.5) is 0 Å². The predicted octanol–water partition coefficient (Wildman–Crippen LogP) is 2.78. The first kappa shape index (κ1) is 12.6. The van der Waals surface area contributed by atoms with E-state index in [1.54, 1.807) is 0 Å². The highest BCUT2D eigenvalue weighted by atomic mass is 15.1. The highest BCUT2D eigenvalue weighted by molar-refractivity contribution is 5.23. The second-order valence-corrected chi connectivity index (χ2v) is 5.20. The van der Waals surface area contributed by atoms with Crippen molar-refractivity contribution < 1.29 is 0 Å². The Hall–Kier alpha value is -0.860. The van der Waals surface area contributed by atoms with Gasteiger partial charge in [-0.05, 0) is 38.1 Å². The topological polar surface area (TPSA) is 15.3 Å². The van der Waals surface area contributed by atoms with E-state index in [0.29, 0.717) is 0 Å². The van der Waals surface area contributed by atoms with Gasteiger partial charge in [-0.3, -0.25) is 4.90 Å². The van der Waals surface area contributed by atoms with Gasteiger partial charge in [-0.1, -0.05) is 37.1 Å². The van der Waals surface area contributed by atoms with Crippen molar-refractivity contribution in [3.8, 4) is 0 Å². The number of rotatable bonds is 5. The lowest BCUT2D eigenvalue weighted by Gasteiger charge is -2.24. The van der Waals surface area contributed by atoms with Gasteiger partial charge in [0.05, 0.1) is 0 Å². The third-order valence-corrected chi connectivity index (χ3v) is 3.75. The van der Waals surface area contributed by atoms with Crippen LogP contribution in [0.5, 0.6) is 0 Å². The van der Waals surface area contributed by atoms with Crippen LogP contribution in [0.15, 0.2) is 24.3 Å². The molecule has 1 aliphatic rings. The van der Waals surface area contributed by atoms with Gasteiger partial charge in [-0.25, -0.2) is 0 Å². The molecule has 1 aliphatic carbocycles. The first-order chi connectivity index (χ1) is 8.29. The minimum Gasteiger partial charge on any atom is -0.316 e. The van der Waals surface area contributed by atoms with E-state index in [-0.39, 0.29) is 0 Å². The van der Waals surface area contributed by atoms with Crippen molar-refractivity contribution in [2.24, 2.45) is 0 Å².